The summed E-state index contributed by atoms with van der Waals surface area (Å²) in [5.41, 5.74) is -0.962. The van der Waals surface area contributed by atoms with E-state index in [9.17, 15) is 9.13 Å². The molecule has 0 aliphatic heterocycles. The monoisotopic (exact) mass is 244 g/mol. The summed E-state index contributed by atoms with van der Waals surface area (Å²) in [5, 5.41) is 0. The van der Waals surface area contributed by atoms with Crippen LogP contribution in [0.2, 0.25) is 0 Å². The second-order valence-electron chi connectivity index (χ2n) is 2.73. The molecular formula is C6H14O6P2+2. The van der Waals surface area contributed by atoms with Crippen LogP contribution in [0, 0.1) is 0 Å². The molecule has 8 heteroatoms. The van der Waals surface area contributed by atoms with Gasteiger partial charge < -0.3 is 0 Å². The van der Waals surface area contributed by atoms with E-state index < -0.39 is 22.1 Å². The lowest BCUT2D eigenvalue weighted by Gasteiger charge is -2.20. The molecule has 0 aromatic heterocycles. The zero-order valence-electron chi connectivity index (χ0n) is 8.04. The highest BCUT2D eigenvalue weighted by molar-refractivity contribution is 7.32. The van der Waals surface area contributed by atoms with Gasteiger partial charge in [0.2, 0.25) is 0 Å². The lowest BCUT2D eigenvalue weighted by atomic mass is 9.99. The summed E-state index contributed by atoms with van der Waals surface area (Å²) >= 11 is 0. The second kappa shape index (κ2) is 6.51. The highest BCUT2D eigenvalue weighted by Gasteiger charge is 2.40. The van der Waals surface area contributed by atoms with Crippen molar-refractivity contribution < 1.29 is 28.0 Å². The van der Waals surface area contributed by atoms with E-state index in [0.717, 1.165) is 0 Å². The molecule has 6 nitrogen and oxygen atoms in total. The van der Waals surface area contributed by atoms with Gasteiger partial charge in [0.1, 0.15) is 6.61 Å². The Labute approximate surface area is 84.1 Å². The minimum Gasteiger partial charge on any atom is -0.133 e. The van der Waals surface area contributed by atoms with E-state index in [1.165, 1.54) is 0 Å². The average molecular weight is 244 g/mol. The predicted molar refractivity (Wildman–Crippen MR) is 50.0 cm³/mol. The Hall–Kier alpha value is 0.0400. The molecular weight excluding hydrogens is 230 g/mol. The molecule has 0 aromatic carbocycles. The molecule has 0 rings (SSSR count). The molecule has 0 saturated carbocycles. The Kier molecular flexibility index (Phi) is 6.53. The molecule has 0 fully saturated rings. The first-order valence-corrected chi connectivity index (χ1v) is 6.36. The molecule has 14 heavy (non-hydrogen) atoms. The van der Waals surface area contributed by atoms with Crippen LogP contribution >= 0.6 is 16.5 Å². The molecule has 0 bridgehead atoms. The van der Waals surface area contributed by atoms with Crippen LogP contribution in [0.5, 0.6) is 0 Å². The Morgan fingerprint density at radius 2 is 1.64 bits per heavy atom. The van der Waals surface area contributed by atoms with E-state index in [1.807, 2.05) is 0 Å². The standard InChI is InChI=1S/C6H12O6P2/c1-3-6(4-2,12-14(9)10)5-11-13(7)8/h3-5H2,1-2H3/p+2. The van der Waals surface area contributed by atoms with Crippen LogP contribution in [0.15, 0.2) is 0 Å². The van der Waals surface area contributed by atoms with Crippen LogP contribution in [0.3, 0.4) is 0 Å². The molecule has 2 atom stereocenters. The third kappa shape index (κ3) is 5.05. The van der Waals surface area contributed by atoms with E-state index in [0.29, 0.717) is 12.8 Å². The van der Waals surface area contributed by atoms with Gasteiger partial charge in [-0.2, -0.15) is 0 Å². The fourth-order valence-electron chi connectivity index (χ4n) is 0.948. The number of hydrogen-bond donors (Lipinski definition) is 2. The summed E-state index contributed by atoms with van der Waals surface area (Å²) in [6, 6.07) is 0. The van der Waals surface area contributed by atoms with Gasteiger partial charge in [-0.1, -0.05) is 13.8 Å². The first-order valence-electron chi connectivity index (χ1n) is 4.10. The van der Waals surface area contributed by atoms with Crippen LogP contribution in [0.25, 0.3) is 0 Å². The summed E-state index contributed by atoms with van der Waals surface area (Å²) in [6.07, 6.45) is 0.850. The second-order valence-corrected chi connectivity index (χ2v) is 4.12. The van der Waals surface area contributed by atoms with Crippen molar-refractivity contribution in [2.24, 2.45) is 0 Å². The topological polar surface area (TPSA) is 93.1 Å². The first-order chi connectivity index (χ1) is 6.45. The van der Waals surface area contributed by atoms with Gasteiger partial charge in [0.05, 0.1) is 0 Å². The smallest absolute Gasteiger partial charge is 0.133 e. The van der Waals surface area contributed by atoms with Crippen molar-refractivity contribution in [2.45, 2.75) is 32.3 Å². The van der Waals surface area contributed by atoms with E-state index >= 15 is 0 Å². The molecule has 0 amide bonds. The van der Waals surface area contributed by atoms with E-state index in [-0.39, 0.29) is 6.61 Å². The normalized spacial score (nSPS) is 14.0. The predicted octanol–water partition coefficient (Wildman–Crippen LogP) is 1.88. The molecule has 2 N–H and O–H groups in total. The molecule has 82 valence electrons. The summed E-state index contributed by atoms with van der Waals surface area (Å²) in [5.74, 6) is 0. The molecule has 0 heterocycles. The van der Waals surface area contributed by atoms with Gasteiger partial charge in [-0.05, 0) is 12.8 Å². The van der Waals surface area contributed by atoms with Crippen molar-refractivity contribution >= 4 is 16.5 Å². The zero-order valence-corrected chi connectivity index (χ0v) is 9.83. The first kappa shape index (κ1) is 14.0. The van der Waals surface area contributed by atoms with Gasteiger partial charge in [0.15, 0.2) is 5.60 Å². The fourth-order valence-corrected chi connectivity index (χ4v) is 1.94. The average Bonchev–Trinajstić information content (AvgIpc) is 2.11. The van der Waals surface area contributed by atoms with Crippen molar-refractivity contribution in [3.63, 3.8) is 0 Å². The van der Waals surface area contributed by atoms with Crippen molar-refractivity contribution in [3.8, 4) is 0 Å². The maximum Gasteiger partial charge on any atom is 0.695 e. The quantitative estimate of drug-likeness (QED) is 0.664. The largest absolute Gasteiger partial charge is 0.695 e. The Morgan fingerprint density at radius 3 is 1.93 bits per heavy atom. The fraction of sp³-hybridized carbons (Fsp3) is 1.00. The van der Waals surface area contributed by atoms with Crippen LogP contribution in [0.4, 0.5) is 0 Å². The van der Waals surface area contributed by atoms with Gasteiger partial charge in [0, 0.05) is 9.13 Å². The van der Waals surface area contributed by atoms with Gasteiger partial charge in [-0.3, -0.25) is 0 Å². The lowest BCUT2D eigenvalue weighted by Crippen LogP contribution is -2.33. The van der Waals surface area contributed by atoms with E-state index in [1.54, 1.807) is 13.8 Å². The highest BCUT2D eigenvalue weighted by Crippen LogP contribution is 2.33. The SMILES string of the molecule is CCC(CC)(CO[P+](=O)O)O[P+](=O)O. The summed E-state index contributed by atoms with van der Waals surface area (Å²) < 4.78 is 30.1. The van der Waals surface area contributed by atoms with Crippen LogP contribution in [0.1, 0.15) is 26.7 Å². The Bertz CT molecular complexity index is 214. The molecule has 2 unspecified atom stereocenters. The van der Waals surface area contributed by atoms with Gasteiger partial charge in [-0.15, -0.1) is 18.8 Å². The molecule has 0 aliphatic rings. The number of rotatable bonds is 7. The van der Waals surface area contributed by atoms with Gasteiger partial charge in [0.25, 0.3) is 0 Å². The third-order valence-electron chi connectivity index (χ3n) is 2.00. The molecule has 0 saturated heterocycles. The van der Waals surface area contributed by atoms with Crippen LogP contribution in [-0.2, 0) is 18.2 Å². The molecule has 0 aliphatic carbocycles. The van der Waals surface area contributed by atoms with Gasteiger partial charge >= 0.3 is 16.5 Å². The van der Waals surface area contributed by atoms with E-state index in [4.69, 9.17) is 14.3 Å². The minimum absolute atomic E-state index is 0.173. The van der Waals surface area contributed by atoms with Crippen molar-refractivity contribution in [1.29, 1.82) is 0 Å². The van der Waals surface area contributed by atoms with E-state index in [2.05, 4.69) is 4.52 Å². The summed E-state index contributed by atoms with van der Waals surface area (Å²) in [6.45, 7) is 3.32. The summed E-state index contributed by atoms with van der Waals surface area (Å²) in [7, 11) is -5.45. The van der Waals surface area contributed by atoms with Gasteiger partial charge in [-0.25, -0.2) is 0 Å². The van der Waals surface area contributed by atoms with Crippen molar-refractivity contribution in [2.75, 3.05) is 6.61 Å². The minimum atomic E-state index is -2.74. The van der Waals surface area contributed by atoms with Crippen LogP contribution < -0.4 is 0 Å². The van der Waals surface area contributed by atoms with Crippen molar-refractivity contribution in [3.05, 3.63) is 0 Å². The maximum absolute atomic E-state index is 10.5. The van der Waals surface area contributed by atoms with Crippen molar-refractivity contribution in [1.82, 2.24) is 0 Å². The Balaban J connectivity index is 4.36. The molecule has 0 aromatic rings. The highest BCUT2D eigenvalue weighted by atomic mass is 31.1. The van der Waals surface area contributed by atoms with Crippen LogP contribution in [-0.4, -0.2) is 22.0 Å². The maximum atomic E-state index is 10.5. The Morgan fingerprint density at radius 1 is 1.14 bits per heavy atom. The third-order valence-corrected chi connectivity index (χ3v) is 2.89. The zero-order chi connectivity index (χ0) is 11.2. The number of hydrogen-bond acceptors (Lipinski definition) is 4. The lowest BCUT2D eigenvalue weighted by molar-refractivity contribution is 0.00929. The summed E-state index contributed by atoms with van der Waals surface area (Å²) in [4.78, 5) is 17.0. The molecule has 0 radical (unpaired) electrons. The molecule has 0 spiro atoms.